The highest BCUT2D eigenvalue weighted by molar-refractivity contribution is 5.85. The fourth-order valence-electron chi connectivity index (χ4n) is 3.20. The lowest BCUT2D eigenvalue weighted by Gasteiger charge is -2.28. The molecule has 2 aliphatic heterocycles. The van der Waals surface area contributed by atoms with Crippen LogP contribution in [0.3, 0.4) is 0 Å². The Morgan fingerprint density at radius 2 is 2.08 bits per heavy atom. The third-order valence-electron chi connectivity index (χ3n) is 4.69. The van der Waals surface area contributed by atoms with Gasteiger partial charge >= 0.3 is 0 Å². The number of aliphatic hydroxyl groups excluding tert-OH is 1. The molecule has 0 aliphatic carbocycles. The summed E-state index contributed by atoms with van der Waals surface area (Å²) in [6.45, 7) is 2.62. The van der Waals surface area contributed by atoms with E-state index in [0.717, 1.165) is 12.0 Å². The van der Waals surface area contributed by atoms with E-state index in [0.29, 0.717) is 38.2 Å². The zero-order valence-electron chi connectivity index (χ0n) is 13.4. The minimum Gasteiger partial charge on any atom is -0.391 e. The molecule has 0 aromatic heterocycles. The maximum atomic E-state index is 12.3. The first-order chi connectivity index (χ1) is 11.2. The predicted molar refractivity (Wildman–Crippen MR) is 94.6 cm³/mol. The lowest BCUT2D eigenvalue weighted by Crippen LogP contribution is -2.37. The molecule has 0 saturated carbocycles. The molecule has 6 heteroatoms. The fraction of sp³-hybridized carbons (Fsp3) is 0.444. The van der Waals surface area contributed by atoms with Crippen molar-refractivity contribution in [3.63, 3.8) is 0 Å². The first-order valence-corrected chi connectivity index (χ1v) is 8.03. The van der Waals surface area contributed by atoms with Crippen LogP contribution in [-0.2, 0) is 4.79 Å². The molecular formula is C18H22ClN3O2. The molecule has 1 amide bonds. The molecule has 5 nitrogen and oxygen atoms in total. The SMILES string of the molecule is Cl.N#Cc1ccc(C2=CCN(C(=O)C[C@@H]3CNC[C@H]3O)CC2)cc1. The van der Waals surface area contributed by atoms with Crippen LogP contribution in [0.5, 0.6) is 0 Å². The molecule has 24 heavy (non-hydrogen) atoms. The maximum absolute atomic E-state index is 12.3. The predicted octanol–water partition coefficient (Wildman–Crippen LogP) is 1.57. The quantitative estimate of drug-likeness (QED) is 0.870. The lowest BCUT2D eigenvalue weighted by molar-refractivity contribution is -0.132. The summed E-state index contributed by atoms with van der Waals surface area (Å²) in [6, 6.07) is 9.68. The van der Waals surface area contributed by atoms with E-state index in [1.165, 1.54) is 5.57 Å². The van der Waals surface area contributed by atoms with Crippen molar-refractivity contribution in [2.24, 2.45) is 5.92 Å². The number of hydrogen-bond donors (Lipinski definition) is 2. The van der Waals surface area contributed by atoms with Crippen molar-refractivity contribution in [1.29, 1.82) is 5.26 Å². The summed E-state index contributed by atoms with van der Waals surface area (Å²) in [7, 11) is 0. The summed E-state index contributed by atoms with van der Waals surface area (Å²) < 4.78 is 0. The Morgan fingerprint density at radius 3 is 2.62 bits per heavy atom. The number of nitriles is 1. The van der Waals surface area contributed by atoms with Gasteiger partial charge in [-0.25, -0.2) is 0 Å². The van der Waals surface area contributed by atoms with Gasteiger partial charge in [-0.05, 0) is 29.7 Å². The van der Waals surface area contributed by atoms with E-state index >= 15 is 0 Å². The topological polar surface area (TPSA) is 76.4 Å². The van der Waals surface area contributed by atoms with Gasteiger partial charge in [0.25, 0.3) is 0 Å². The van der Waals surface area contributed by atoms with Gasteiger partial charge in [0.2, 0.25) is 5.91 Å². The number of nitrogens with zero attached hydrogens (tertiary/aromatic N) is 2. The molecule has 128 valence electrons. The molecule has 2 N–H and O–H groups in total. The van der Waals surface area contributed by atoms with Gasteiger partial charge in [0.05, 0.1) is 17.7 Å². The van der Waals surface area contributed by atoms with Crippen LogP contribution in [0.15, 0.2) is 30.3 Å². The highest BCUT2D eigenvalue weighted by atomic mass is 35.5. The molecule has 1 aromatic carbocycles. The van der Waals surface area contributed by atoms with E-state index in [4.69, 9.17) is 5.26 Å². The van der Waals surface area contributed by atoms with Crippen LogP contribution >= 0.6 is 12.4 Å². The van der Waals surface area contributed by atoms with E-state index in [2.05, 4.69) is 17.5 Å². The van der Waals surface area contributed by atoms with Crippen LogP contribution in [0.4, 0.5) is 0 Å². The molecule has 0 radical (unpaired) electrons. The molecule has 2 aliphatic rings. The highest BCUT2D eigenvalue weighted by Crippen LogP contribution is 2.24. The Kier molecular flexibility index (Phi) is 6.38. The summed E-state index contributed by atoms with van der Waals surface area (Å²) >= 11 is 0. The Morgan fingerprint density at radius 1 is 1.33 bits per heavy atom. The minimum absolute atomic E-state index is 0. The van der Waals surface area contributed by atoms with Gasteiger partial charge in [-0.15, -0.1) is 12.4 Å². The number of benzene rings is 1. The van der Waals surface area contributed by atoms with Gasteiger partial charge in [-0.2, -0.15) is 5.26 Å². The largest absolute Gasteiger partial charge is 0.391 e. The Hall–Kier alpha value is -1.87. The molecule has 1 aromatic rings. The van der Waals surface area contributed by atoms with Crippen LogP contribution in [0.2, 0.25) is 0 Å². The lowest BCUT2D eigenvalue weighted by atomic mass is 9.97. The first-order valence-electron chi connectivity index (χ1n) is 8.03. The summed E-state index contributed by atoms with van der Waals surface area (Å²) in [4.78, 5) is 14.2. The minimum atomic E-state index is -0.409. The summed E-state index contributed by atoms with van der Waals surface area (Å²) in [6.07, 6.45) is 2.91. The van der Waals surface area contributed by atoms with Crippen LogP contribution in [-0.4, -0.2) is 48.2 Å². The average molecular weight is 348 g/mol. The Labute approximate surface area is 148 Å². The maximum Gasteiger partial charge on any atom is 0.223 e. The first kappa shape index (κ1) is 18.5. The molecule has 2 heterocycles. The standard InChI is InChI=1S/C18H21N3O2.ClH/c19-10-13-1-3-14(4-2-13)15-5-7-21(8-6-15)18(23)9-16-11-20-12-17(16)22;/h1-5,16-17,20,22H,6-9,11-12H2;1H/t16-,17-;/m1./s1. The molecule has 0 spiro atoms. The van der Waals surface area contributed by atoms with Crippen molar-refractivity contribution in [2.75, 3.05) is 26.2 Å². The van der Waals surface area contributed by atoms with Gasteiger partial charge in [0.15, 0.2) is 0 Å². The third-order valence-corrected chi connectivity index (χ3v) is 4.69. The number of carbonyl (C=O) groups is 1. The number of amides is 1. The van der Waals surface area contributed by atoms with Gasteiger partial charge in [-0.3, -0.25) is 4.79 Å². The van der Waals surface area contributed by atoms with E-state index in [9.17, 15) is 9.90 Å². The molecule has 3 rings (SSSR count). The summed E-state index contributed by atoms with van der Waals surface area (Å²) in [5.41, 5.74) is 3.00. The number of hydrogen-bond acceptors (Lipinski definition) is 4. The smallest absolute Gasteiger partial charge is 0.223 e. The number of nitrogens with one attached hydrogen (secondary N) is 1. The zero-order valence-corrected chi connectivity index (χ0v) is 14.3. The average Bonchev–Trinajstić information content (AvgIpc) is 3.00. The van der Waals surface area contributed by atoms with Crippen molar-refractivity contribution >= 4 is 23.9 Å². The van der Waals surface area contributed by atoms with Crippen LogP contribution in [0.25, 0.3) is 5.57 Å². The Balaban J connectivity index is 0.00000208. The number of rotatable bonds is 3. The van der Waals surface area contributed by atoms with Crippen molar-refractivity contribution in [1.82, 2.24) is 10.2 Å². The second-order valence-corrected chi connectivity index (χ2v) is 6.20. The third kappa shape index (κ3) is 4.15. The fourth-order valence-corrected chi connectivity index (χ4v) is 3.20. The van der Waals surface area contributed by atoms with E-state index in [1.54, 1.807) is 0 Å². The van der Waals surface area contributed by atoms with Crippen molar-refractivity contribution in [2.45, 2.75) is 18.9 Å². The number of halogens is 1. The molecule has 2 atom stereocenters. The monoisotopic (exact) mass is 347 g/mol. The van der Waals surface area contributed by atoms with E-state index < -0.39 is 6.10 Å². The second-order valence-electron chi connectivity index (χ2n) is 6.20. The summed E-state index contributed by atoms with van der Waals surface area (Å²) in [5.74, 6) is 0.152. The van der Waals surface area contributed by atoms with E-state index in [1.807, 2.05) is 29.2 Å². The second kappa shape index (κ2) is 8.29. The molecular weight excluding hydrogens is 326 g/mol. The highest BCUT2D eigenvalue weighted by Gasteiger charge is 2.29. The summed E-state index contributed by atoms with van der Waals surface area (Å²) in [5, 5.41) is 21.8. The van der Waals surface area contributed by atoms with Crippen molar-refractivity contribution < 1.29 is 9.90 Å². The molecule has 0 bridgehead atoms. The number of aliphatic hydroxyl groups is 1. The van der Waals surface area contributed by atoms with Crippen LogP contribution in [0.1, 0.15) is 24.0 Å². The normalized spacial score (nSPS) is 23.2. The van der Waals surface area contributed by atoms with Crippen molar-refractivity contribution in [3.05, 3.63) is 41.5 Å². The van der Waals surface area contributed by atoms with Crippen LogP contribution < -0.4 is 5.32 Å². The van der Waals surface area contributed by atoms with E-state index in [-0.39, 0.29) is 24.2 Å². The molecule has 1 saturated heterocycles. The van der Waals surface area contributed by atoms with Crippen molar-refractivity contribution in [3.8, 4) is 6.07 Å². The van der Waals surface area contributed by atoms with Gasteiger partial charge in [-0.1, -0.05) is 18.2 Å². The molecule has 0 unspecified atom stereocenters. The van der Waals surface area contributed by atoms with Crippen LogP contribution in [0, 0.1) is 17.2 Å². The van der Waals surface area contributed by atoms with Gasteiger partial charge in [0, 0.05) is 38.5 Å². The zero-order chi connectivity index (χ0) is 16.2. The Bertz CT molecular complexity index is 651. The molecule has 1 fully saturated rings. The number of β-amino-alcohol motifs (C(OH)–C–C–N with tert-alkyl or cyclic N) is 1. The number of carbonyl (C=O) groups excluding carboxylic acids is 1. The van der Waals surface area contributed by atoms with Gasteiger partial charge in [0.1, 0.15) is 0 Å². The van der Waals surface area contributed by atoms with Gasteiger partial charge < -0.3 is 15.3 Å².